The summed E-state index contributed by atoms with van der Waals surface area (Å²) >= 11 is 0. The first-order chi connectivity index (χ1) is 11.6. The number of ether oxygens (including phenoxy) is 2. The van der Waals surface area contributed by atoms with Crippen molar-refractivity contribution >= 4 is 35.8 Å². The number of nitrogens with zero attached hydrogens (tertiary/aromatic N) is 4. The fourth-order valence-electron chi connectivity index (χ4n) is 2.50. The molecule has 1 aliphatic heterocycles. The van der Waals surface area contributed by atoms with Crippen LogP contribution in [0.4, 0.5) is 0 Å². The Morgan fingerprint density at radius 1 is 1.52 bits per heavy atom. The standard InChI is InChI=1S/C15H26N6O3.HI/c1-16-15(18-9-14(22)17-4-6-23-3)21-5-7-24-13(11-21)12-8-19-20(2)10-12;/h8,10,13H,4-7,9,11H2,1-3H3,(H,16,18)(H,17,22);1H. The maximum absolute atomic E-state index is 11.8. The highest BCUT2D eigenvalue weighted by Gasteiger charge is 2.25. The molecule has 2 heterocycles. The van der Waals surface area contributed by atoms with Gasteiger partial charge in [-0.25, -0.2) is 0 Å². The maximum atomic E-state index is 11.8. The lowest BCUT2D eigenvalue weighted by atomic mass is 10.1. The van der Waals surface area contributed by atoms with Crippen LogP contribution in [0.1, 0.15) is 11.7 Å². The van der Waals surface area contributed by atoms with Crippen molar-refractivity contribution < 1.29 is 14.3 Å². The summed E-state index contributed by atoms with van der Waals surface area (Å²) in [5.74, 6) is 0.597. The summed E-state index contributed by atoms with van der Waals surface area (Å²) in [6.45, 7) is 3.15. The first-order valence-corrected chi connectivity index (χ1v) is 7.95. The molecule has 1 atom stereocenters. The molecule has 1 amide bonds. The minimum atomic E-state index is -0.0923. The van der Waals surface area contributed by atoms with Gasteiger partial charge in [-0.15, -0.1) is 24.0 Å². The third-order valence-corrected chi connectivity index (χ3v) is 3.71. The highest BCUT2D eigenvalue weighted by molar-refractivity contribution is 14.0. The quantitative estimate of drug-likeness (QED) is 0.260. The van der Waals surface area contributed by atoms with Crippen LogP contribution in [-0.4, -0.2) is 80.1 Å². The van der Waals surface area contributed by atoms with E-state index in [0.29, 0.717) is 32.3 Å². The SMILES string of the molecule is CN=C(NCC(=O)NCCOC)N1CCOC(c2cnn(C)c2)C1.I. The van der Waals surface area contributed by atoms with E-state index in [1.54, 1.807) is 18.8 Å². The summed E-state index contributed by atoms with van der Waals surface area (Å²) in [6.07, 6.45) is 3.71. The van der Waals surface area contributed by atoms with E-state index in [0.717, 1.165) is 12.1 Å². The molecule has 0 saturated carbocycles. The van der Waals surface area contributed by atoms with Gasteiger partial charge in [-0.1, -0.05) is 0 Å². The lowest BCUT2D eigenvalue weighted by molar-refractivity contribution is -0.120. The number of morpholine rings is 1. The van der Waals surface area contributed by atoms with Gasteiger partial charge >= 0.3 is 0 Å². The average molecular weight is 466 g/mol. The molecule has 0 aromatic carbocycles. The summed E-state index contributed by atoms with van der Waals surface area (Å²) in [4.78, 5) is 18.1. The van der Waals surface area contributed by atoms with Gasteiger partial charge in [0.15, 0.2) is 5.96 Å². The van der Waals surface area contributed by atoms with Crippen molar-refractivity contribution in [2.24, 2.45) is 12.0 Å². The highest BCUT2D eigenvalue weighted by Crippen LogP contribution is 2.21. The van der Waals surface area contributed by atoms with E-state index in [1.807, 2.05) is 19.4 Å². The summed E-state index contributed by atoms with van der Waals surface area (Å²) in [5.41, 5.74) is 1.04. The van der Waals surface area contributed by atoms with Gasteiger partial charge in [0.1, 0.15) is 6.10 Å². The average Bonchev–Trinajstić information content (AvgIpc) is 3.02. The van der Waals surface area contributed by atoms with Gasteiger partial charge in [0, 0.05) is 46.1 Å². The Morgan fingerprint density at radius 3 is 2.96 bits per heavy atom. The molecule has 2 rings (SSSR count). The number of aryl methyl sites for hydroxylation is 1. The molecule has 25 heavy (non-hydrogen) atoms. The molecule has 0 radical (unpaired) electrons. The summed E-state index contributed by atoms with van der Waals surface area (Å²) in [6, 6.07) is 0. The van der Waals surface area contributed by atoms with Crippen molar-refractivity contribution in [3.8, 4) is 0 Å². The number of nitrogens with one attached hydrogen (secondary N) is 2. The summed E-state index contributed by atoms with van der Waals surface area (Å²) in [7, 11) is 5.19. The lowest BCUT2D eigenvalue weighted by Crippen LogP contribution is -2.50. The second kappa shape index (κ2) is 11.3. The molecule has 10 heteroatoms. The number of carbonyl (C=O) groups excluding carboxylic acids is 1. The Morgan fingerprint density at radius 2 is 2.32 bits per heavy atom. The van der Waals surface area contributed by atoms with Crippen LogP contribution in [0.25, 0.3) is 0 Å². The Labute approximate surface area is 165 Å². The Balaban J connectivity index is 0.00000312. The molecule has 1 saturated heterocycles. The molecule has 1 aliphatic rings. The van der Waals surface area contributed by atoms with Gasteiger partial charge in [-0.3, -0.25) is 14.5 Å². The van der Waals surface area contributed by atoms with Crippen LogP contribution in [0.2, 0.25) is 0 Å². The van der Waals surface area contributed by atoms with Crippen LogP contribution in [0.5, 0.6) is 0 Å². The molecule has 142 valence electrons. The van der Waals surface area contributed by atoms with Crippen molar-refractivity contribution in [1.82, 2.24) is 25.3 Å². The van der Waals surface area contributed by atoms with Crippen molar-refractivity contribution in [3.05, 3.63) is 18.0 Å². The molecule has 2 N–H and O–H groups in total. The van der Waals surface area contributed by atoms with E-state index in [4.69, 9.17) is 9.47 Å². The summed E-state index contributed by atoms with van der Waals surface area (Å²) < 4.78 is 12.5. The Kier molecular flexibility index (Phi) is 9.75. The molecule has 1 aromatic rings. The Bertz CT molecular complexity index is 565. The van der Waals surface area contributed by atoms with Gasteiger partial charge in [-0.2, -0.15) is 5.10 Å². The monoisotopic (exact) mass is 466 g/mol. The lowest BCUT2D eigenvalue weighted by Gasteiger charge is -2.34. The molecule has 0 spiro atoms. The molecule has 9 nitrogen and oxygen atoms in total. The zero-order valence-electron chi connectivity index (χ0n) is 14.9. The molecular weight excluding hydrogens is 439 g/mol. The van der Waals surface area contributed by atoms with Gasteiger partial charge in [0.2, 0.25) is 5.91 Å². The van der Waals surface area contributed by atoms with E-state index in [-0.39, 0.29) is 42.5 Å². The zero-order valence-corrected chi connectivity index (χ0v) is 17.2. The number of methoxy groups -OCH3 is 1. The van der Waals surface area contributed by atoms with Gasteiger partial charge in [0.25, 0.3) is 0 Å². The molecule has 0 bridgehead atoms. The number of aromatic nitrogens is 2. The number of carbonyl (C=O) groups is 1. The van der Waals surface area contributed by atoms with Crippen molar-refractivity contribution in [2.75, 3.05) is 53.6 Å². The highest BCUT2D eigenvalue weighted by atomic mass is 127. The van der Waals surface area contributed by atoms with Gasteiger partial charge in [-0.05, 0) is 0 Å². The molecule has 1 fully saturated rings. The van der Waals surface area contributed by atoms with Crippen molar-refractivity contribution in [3.63, 3.8) is 0 Å². The number of halogens is 1. The van der Waals surface area contributed by atoms with Crippen molar-refractivity contribution in [1.29, 1.82) is 0 Å². The van der Waals surface area contributed by atoms with Crippen LogP contribution in [0, 0.1) is 0 Å². The zero-order chi connectivity index (χ0) is 17.4. The topological polar surface area (TPSA) is 93.0 Å². The normalized spacial score (nSPS) is 17.8. The molecular formula is C15H27IN6O3. The van der Waals surface area contributed by atoms with Crippen LogP contribution in [0.15, 0.2) is 17.4 Å². The third-order valence-electron chi connectivity index (χ3n) is 3.71. The first kappa shape index (κ1) is 21.6. The number of hydrogen-bond acceptors (Lipinski definition) is 5. The van der Waals surface area contributed by atoms with E-state index in [1.165, 1.54) is 0 Å². The largest absolute Gasteiger partial charge is 0.383 e. The molecule has 0 aliphatic carbocycles. The van der Waals surface area contributed by atoms with Crippen LogP contribution in [-0.2, 0) is 21.3 Å². The van der Waals surface area contributed by atoms with Crippen molar-refractivity contribution in [2.45, 2.75) is 6.10 Å². The van der Waals surface area contributed by atoms with E-state index >= 15 is 0 Å². The molecule has 1 aromatic heterocycles. The number of aliphatic imine (C=N–C) groups is 1. The third kappa shape index (κ3) is 6.78. The summed E-state index contributed by atoms with van der Waals surface area (Å²) in [5, 5.41) is 10.0. The second-order valence-corrected chi connectivity index (χ2v) is 5.50. The first-order valence-electron chi connectivity index (χ1n) is 7.95. The maximum Gasteiger partial charge on any atom is 0.239 e. The number of hydrogen-bond donors (Lipinski definition) is 2. The predicted octanol–water partition coefficient (Wildman–Crippen LogP) is -0.251. The van der Waals surface area contributed by atoms with E-state index < -0.39 is 0 Å². The second-order valence-electron chi connectivity index (χ2n) is 5.50. The minimum Gasteiger partial charge on any atom is -0.383 e. The number of guanidine groups is 1. The number of rotatable bonds is 6. The van der Waals surface area contributed by atoms with E-state index in [2.05, 4.69) is 25.6 Å². The smallest absolute Gasteiger partial charge is 0.239 e. The predicted molar refractivity (Wildman–Crippen MR) is 105 cm³/mol. The van der Waals surface area contributed by atoms with Gasteiger partial charge < -0.3 is 25.0 Å². The fourth-order valence-corrected chi connectivity index (χ4v) is 2.50. The van der Waals surface area contributed by atoms with Gasteiger partial charge in [0.05, 0.1) is 32.5 Å². The van der Waals surface area contributed by atoms with E-state index in [9.17, 15) is 4.79 Å². The molecule has 1 unspecified atom stereocenters. The van der Waals surface area contributed by atoms with Crippen LogP contribution >= 0.6 is 24.0 Å². The van der Waals surface area contributed by atoms with Crippen LogP contribution < -0.4 is 10.6 Å². The number of amides is 1. The van der Waals surface area contributed by atoms with Crippen LogP contribution in [0.3, 0.4) is 0 Å². The minimum absolute atomic E-state index is 0. The Hall–Kier alpha value is -1.40. The fraction of sp³-hybridized carbons (Fsp3) is 0.667.